The Bertz CT molecular complexity index is 414. The SMILES string of the molecule is CC1CCNCC1NC(=O)C1CCCN(C(=O)C2CC2)C1.Cl. The van der Waals surface area contributed by atoms with Gasteiger partial charge in [0.05, 0.1) is 5.92 Å². The molecule has 0 bridgehead atoms. The number of hydrogen-bond acceptors (Lipinski definition) is 3. The van der Waals surface area contributed by atoms with Gasteiger partial charge in [-0.2, -0.15) is 0 Å². The first kappa shape index (κ1) is 17.5. The number of carbonyl (C=O) groups excluding carboxylic acids is 2. The maximum absolute atomic E-state index is 12.5. The van der Waals surface area contributed by atoms with Gasteiger partial charge < -0.3 is 15.5 Å². The van der Waals surface area contributed by atoms with E-state index < -0.39 is 0 Å². The van der Waals surface area contributed by atoms with E-state index in [0.717, 1.165) is 51.7 Å². The zero-order valence-electron chi connectivity index (χ0n) is 13.3. The molecule has 5 nitrogen and oxygen atoms in total. The summed E-state index contributed by atoms with van der Waals surface area (Å²) in [5.74, 6) is 1.19. The molecule has 2 amide bonds. The first-order valence-corrected chi connectivity index (χ1v) is 8.45. The summed E-state index contributed by atoms with van der Waals surface area (Å²) in [6, 6.07) is 0.237. The van der Waals surface area contributed by atoms with E-state index in [9.17, 15) is 9.59 Å². The summed E-state index contributed by atoms with van der Waals surface area (Å²) >= 11 is 0. The average Bonchev–Trinajstić information content (AvgIpc) is 3.34. The molecule has 2 heterocycles. The molecule has 3 aliphatic rings. The van der Waals surface area contributed by atoms with Crippen molar-refractivity contribution in [3.63, 3.8) is 0 Å². The van der Waals surface area contributed by atoms with Crippen molar-refractivity contribution in [2.75, 3.05) is 26.2 Å². The van der Waals surface area contributed by atoms with Crippen LogP contribution in [-0.4, -0.2) is 48.9 Å². The van der Waals surface area contributed by atoms with E-state index in [1.54, 1.807) is 0 Å². The third kappa shape index (κ3) is 4.13. The van der Waals surface area contributed by atoms with Gasteiger partial charge in [0.1, 0.15) is 0 Å². The van der Waals surface area contributed by atoms with E-state index in [4.69, 9.17) is 0 Å². The predicted octanol–water partition coefficient (Wildman–Crippen LogP) is 1.17. The highest BCUT2D eigenvalue weighted by atomic mass is 35.5. The Hall–Kier alpha value is -0.810. The second kappa shape index (κ2) is 7.64. The minimum atomic E-state index is -0.0180. The molecule has 0 aromatic carbocycles. The summed E-state index contributed by atoms with van der Waals surface area (Å²) in [4.78, 5) is 26.6. The fourth-order valence-electron chi connectivity index (χ4n) is 3.46. The lowest BCUT2D eigenvalue weighted by molar-refractivity contribution is -0.137. The maximum Gasteiger partial charge on any atom is 0.225 e. The van der Waals surface area contributed by atoms with Crippen LogP contribution in [-0.2, 0) is 9.59 Å². The molecule has 1 aliphatic carbocycles. The second-order valence-electron chi connectivity index (χ2n) is 6.98. The summed E-state index contributed by atoms with van der Waals surface area (Å²) in [6.45, 7) is 5.57. The van der Waals surface area contributed by atoms with Crippen LogP contribution in [0.25, 0.3) is 0 Å². The van der Waals surface area contributed by atoms with Gasteiger partial charge in [-0.1, -0.05) is 6.92 Å². The van der Waals surface area contributed by atoms with Gasteiger partial charge in [0, 0.05) is 31.6 Å². The topological polar surface area (TPSA) is 61.4 Å². The lowest BCUT2D eigenvalue weighted by atomic mass is 9.92. The summed E-state index contributed by atoms with van der Waals surface area (Å²) in [5.41, 5.74) is 0. The van der Waals surface area contributed by atoms with Gasteiger partial charge >= 0.3 is 0 Å². The lowest BCUT2D eigenvalue weighted by Gasteiger charge is -2.35. The van der Waals surface area contributed by atoms with Crippen LogP contribution >= 0.6 is 12.4 Å². The monoisotopic (exact) mass is 329 g/mol. The van der Waals surface area contributed by atoms with E-state index in [0.29, 0.717) is 12.5 Å². The molecule has 3 atom stereocenters. The van der Waals surface area contributed by atoms with E-state index in [1.807, 2.05) is 4.90 Å². The van der Waals surface area contributed by atoms with Crippen LogP contribution in [0, 0.1) is 17.8 Å². The van der Waals surface area contributed by atoms with Gasteiger partial charge in [-0.05, 0) is 44.6 Å². The molecule has 0 spiro atoms. The molecular weight excluding hydrogens is 302 g/mol. The molecule has 6 heteroatoms. The second-order valence-corrected chi connectivity index (χ2v) is 6.98. The standard InChI is InChI=1S/C16H27N3O2.ClH/c1-11-6-7-17-9-14(11)18-15(20)13-3-2-8-19(10-13)16(21)12-4-5-12;/h11-14,17H,2-10H2,1H3,(H,18,20);1H. The van der Waals surface area contributed by atoms with Gasteiger partial charge in [0.25, 0.3) is 0 Å². The Morgan fingerprint density at radius 3 is 2.59 bits per heavy atom. The van der Waals surface area contributed by atoms with Crippen molar-refractivity contribution in [1.82, 2.24) is 15.5 Å². The van der Waals surface area contributed by atoms with Crippen LogP contribution in [0.2, 0.25) is 0 Å². The number of carbonyl (C=O) groups is 2. The maximum atomic E-state index is 12.5. The van der Waals surface area contributed by atoms with E-state index in [-0.39, 0.29) is 42.1 Å². The van der Waals surface area contributed by atoms with Crippen molar-refractivity contribution < 1.29 is 9.59 Å². The first-order valence-electron chi connectivity index (χ1n) is 8.45. The van der Waals surface area contributed by atoms with Gasteiger partial charge in [0.2, 0.25) is 11.8 Å². The Kier molecular flexibility index (Phi) is 6.09. The normalized spacial score (nSPS) is 32.0. The quantitative estimate of drug-likeness (QED) is 0.817. The van der Waals surface area contributed by atoms with Crippen molar-refractivity contribution in [2.24, 2.45) is 17.8 Å². The highest BCUT2D eigenvalue weighted by Gasteiger charge is 2.37. The Morgan fingerprint density at radius 1 is 1.14 bits per heavy atom. The van der Waals surface area contributed by atoms with E-state index in [2.05, 4.69) is 17.6 Å². The summed E-state index contributed by atoms with van der Waals surface area (Å²) < 4.78 is 0. The number of halogens is 1. The van der Waals surface area contributed by atoms with Crippen molar-refractivity contribution >= 4 is 24.2 Å². The van der Waals surface area contributed by atoms with Crippen LogP contribution in [0.1, 0.15) is 39.0 Å². The molecule has 0 radical (unpaired) electrons. The largest absolute Gasteiger partial charge is 0.352 e. The number of rotatable bonds is 3. The number of nitrogens with one attached hydrogen (secondary N) is 2. The highest BCUT2D eigenvalue weighted by molar-refractivity contribution is 5.85. The molecule has 2 N–H and O–H groups in total. The van der Waals surface area contributed by atoms with Crippen LogP contribution in [0.3, 0.4) is 0 Å². The van der Waals surface area contributed by atoms with E-state index >= 15 is 0 Å². The molecular formula is C16H28ClN3O2. The number of hydrogen-bond donors (Lipinski definition) is 2. The van der Waals surface area contributed by atoms with Gasteiger partial charge in [-0.3, -0.25) is 9.59 Å². The average molecular weight is 330 g/mol. The number of amides is 2. The van der Waals surface area contributed by atoms with Crippen molar-refractivity contribution in [2.45, 2.75) is 45.1 Å². The zero-order valence-corrected chi connectivity index (χ0v) is 14.2. The molecule has 3 rings (SSSR count). The minimum Gasteiger partial charge on any atom is -0.352 e. The predicted molar refractivity (Wildman–Crippen MR) is 87.9 cm³/mol. The van der Waals surface area contributed by atoms with Gasteiger partial charge in [0.15, 0.2) is 0 Å². The highest BCUT2D eigenvalue weighted by Crippen LogP contribution is 2.32. The van der Waals surface area contributed by atoms with Crippen molar-refractivity contribution in [3.8, 4) is 0 Å². The zero-order chi connectivity index (χ0) is 14.8. The van der Waals surface area contributed by atoms with Crippen molar-refractivity contribution in [1.29, 1.82) is 0 Å². The Labute approximate surface area is 139 Å². The number of nitrogens with zero attached hydrogens (tertiary/aromatic N) is 1. The molecule has 1 saturated carbocycles. The molecule has 0 aromatic rings. The van der Waals surface area contributed by atoms with Crippen LogP contribution in [0.5, 0.6) is 0 Å². The van der Waals surface area contributed by atoms with Crippen molar-refractivity contribution in [3.05, 3.63) is 0 Å². The lowest BCUT2D eigenvalue weighted by Crippen LogP contribution is -2.53. The minimum absolute atomic E-state index is 0. The molecule has 0 aromatic heterocycles. The fraction of sp³-hybridized carbons (Fsp3) is 0.875. The molecule has 3 fully saturated rings. The molecule has 2 saturated heterocycles. The van der Waals surface area contributed by atoms with E-state index in [1.165, 1.54) is 0 Å². The third-order valence-corrected chi connectivity index (χ3v) is 5.19. The summed E-state index contributed by atoms with van der Waals surface area (Å²) in [7, 11) is 0. The first-order chi connectivity index (χ1) is 10.1. The molecule has 2 aliphatic heterocycles. The summed E-state index contributed by atoms with van der Waals surface area (Å²) in [5, 5.41) is 6.55. The number of likely N-dealkylation sites (tertiary alicyclic amines) is 1. The summed E-state index contributed by atoms with van der Waals surface area (Å²) in [6.07, 6.45) is 5.06. The smallest absolute Gasteiger partial charge is 0.225 e. The fourth-order valence-corrected chi connectivity index (χ4v) is 3.46. The third-order valence-electron chi connectivity index (χ3n) is 5.19. The molecule has 22 heavy (non-hydrogen) atoms. The van der Waals surface area contributed by atoms with Crippen LogP contribution in [0.15, 0.2) is 0 Å². The Morgan fingerprint density at radius 2 is 1.91 bits per heavy atom. The molecule has 3 unspecified atom stereocenters. The van der Waals surface area contributed by atoms with Gasteiger partial charge in [-0.25, -0.2) is 0 Å². The van der Waals surface area contributed by atoms with Crippen LogP contribution < -0.4 is 10.6 Å². The van der Waals surface area contributed by atoms with Crippen LogP contribution in [0.4, 0.5) is 0 Å². The van der Waals surface area contributed by atoms with Gasteiger partial charge in [-0.15, -0.1) is 12.4 Å². The number of piperidine rings is 2. The molecule has 126 valence electrons. The Balaban J connectivity index is 0.00000176.